The number of likely N-dealkylation sites (tertiary alicyclic amines) is 1. The monoisotopic (exact) mass is 474 g/mol. The van der Waals surface area contributed by atoms with Gasteiger partial charge in [-0.05, 0) is 55.5 Å². The van der Waals surface area contributed by atoms with Gasteiger partial charge in [0.05, 0.1) is 14.2 Å². The van der Waals surface area contributed by atoms with Gasteiger partial charge >= 0.3 is 12.1 Å². The molecule has 10 heteroatoms. The largest absolute Gasteiger partial charge is 0.493 e. The number of nitrogens with zero attached hydrogens (tertiary/aromatic N) is 1. The summed E-state index contributed by atoms with van der Waals surface area (Å²) < 4.78 is 37.4. The third-order valence-corrected chi connectivity index (χ3v) is 7.01. The Morgan fingerprint density at radius 3 is 2.50 bits per heavy atom. The van der Waals surface area contributed by atoms with E-state index in [1.54, 1.807) is 19.1 Å². The molecule has 4 N–H and O–H groups in total. The van der Waals surface area contributed by atoms with Crippen LogP contribution in [0.2, 0.25) is 0 Å². The van der Waals surface area contributed by atoms with Gasteiger partial charge < -0.3 is 30.7 Å². The number of benzene rings is 2. The van der Waals surface area contributed by atoms with Crippen LogP contribution in [0.15, 0.2) is 36.4 Å². The van der Waals surface area contributed by atoms with Crippen LogP contribution >= 0.6 is 0 Å². The van der Waals surface area contributed by atoms with Crippen molar-refractivity contribution < 1.29 is 27.8 Å². The molecule has 0 unspecified atom stereocenters. The number of urea groups is 2. The highest BCUT2D eigenvalue weighted by Gasteiger charge is 2.53. The molecule has 4 rings (SSSR count). The molecule has 1 saturated heterocycles. The SMILES string of the molecule is COc1ccc([C@@]23CC[C@@H](NC(=O)Nc4ccc(F)c(F)c4)C[C@@H]2N(C(N)=O)CC3)cc1OC. The Labute approximate surface area is 196 Å². The van der Waals surface area contributed by atoms with E-state index >= 15 is 0 Å². The lowest BCUT2D eigenvalue weighted by atomic mass is 9.65. The number of carbonyl (C=O) groups is 2. The van der Waals surface area contributed by atoms with E-state index in [2.05, 4.69) is 10.6 Å². The van der Waals surface area contributed by atoms with Crippen molar-refractivity contribution in [1.29, 1.82) is 0 Å². The second kappa shape index (κ2) is 9.36. The molecule has 2 aromatic rings. The number of amides is 4. The zero-order chi connectivity index (χ0) is 24.5. The Morgan fingerprint density at radius 1 is 1.06 bits per heavy atom. The van der Waals surface area contributed by atoms with Crippen LogP contribution in [0.5, 0.6) is 11.5 Å². The molecule has 1 aliphatic heterocycles. The molecule has 1 saturated carbocycles. The highest BCUT2D eigenvalue weighted by atomic mass is 19.2. The van der Waals surface area contributed by atoms with Crippen LogP contribution in [-0.2, 0) is 5.41 Å². The highest BCUT2D eigenvalue weighted by Crippen LogP contribution is 2.50. The fraction of sp³-hybridized carbons (Fsp3) is 0.417. The van der Waals surface area contributed by atoms with E-state index in [1.807, 2.05) is 18.2 Å². The zero-order valence-corrected chi connectivity index (χ0v) is 19.1. The summed E-state index contributed by atoms with van der Waals surface area (Å²) in [5.74, 6) is -0.805. The molecule has 1 heterocycles. The molecule has 0 spiro atoms. The van der Waals surface area contributed by atoms with Crippen LogP contribution in [0, 0.1) is 11.6 Å². The van der Waals surface area contributed by atoms with Crippen LogP contribution in [0.1, 0.15) is 31.2 Å². The number of carbonyl (C=O) groups excluding carboxylic acids is 2. The van der Waals surface area contributed by atoms with E-state index in [0.717, 1.165) is 24.1 Å². The maximum atomic E-state index is 13.4. The first kappa shape index (κ1) is 23.6. The Bertz CT molecular complexity index is 1100. The lowest BCUT2D eigenvalue weighted by Crippen LogP contribution is -2.54. The van der Waals surface area contributed by atoms with E-state index in [0.29, 0.717) is 37.3 Å². The lowest BCUT2D eigenvalue weighted by Gasteiger charge is -2.45. The second-order valence-electron chi connectivity index (χ2n) is 8.72. The maximum absolute atomic E-state index is 13.4. The van der Waals surface area contributed by atoms with Crippen molar-refractivity contribution in [2.45, 2.75) is 43.2 Å². The van der Waals surface area contributed by atoms with Crippen LogP contribution < -0.4 is 25.8 Å². The van der Waals surface area contributed by atoms with E-state index in [1.165, 1.54) is 6.07 Å². The summed E-state index contributed by atoms with van der Waals surface area (Å²) in [6, 6.07) is 7.46. The number of hydrogen-bond acceptors (Lipinski definition) is 4. The average molecular weight is 475 g/mol. The van der Waals surface area contributed by atoms with Crippen molar-refractivity contribution in [3.05, 3.63) is 53.6 Å². The molecule has 0 bridgehead atoms. The summed E-state index contributed by atoms with van der Waals surface area (Å²) in [5.41, 5.74) is 6.54. The fourth-order valence-corrected chi connectivity index (χ4v) is 5.35. The van der Waals surface area contributed by atoms with Crippen LogP contribution in [0.25, 0.3) is 0 Å². The predicted molar refractivity (Wildman–Crippen MR) is 122 cm³/mol. The lowest BCUT2D eigenvalue weighted by molar-refractivity contribution is 0.147. The summed E-state index contributed by atoms with van der Waals surface area (Å²) in [4.78, 5) is 26.4. The Hall–Kier alpha value is -3.56. The topological polar surface area (TPSA) is 106 Å². The maximum Gasteiger partial charge on any atom is 0.319 e. The van der Waals surface area contributed by atoms with Gasteiger partial charge in [0.15, 0.2) is 23.1 Å². The van der Waals surface area contributed by atoms with Gasteiger partial charge in [-0.1, -0.05) is 6.07 Å². The first-order valence-corrected chi connectivity index (χ1v) is 11.1. The number of primary amides is 1. The van der Waals surface area contributed by atoms with Crippen molar-refractivity contribution in [3.8, 4) is 11.5 Å². The number of hydrogen-bond donors (Lipinski definition) is 3. The number of rotatable bonds is 5. The average Bonchev–Trinajstić information content (AvgIpc) is 3.21. The van der Waals surface area contributed by atoms with E-state index in [9.17, 15) is 18.4 Å². The molecule has 4 amide bonds. The quantitative estimate of drug-likeness (QED) is 0.614. The number of fused-ring (bicyclic) bond motifs is 1. The van der Waals surface area contributed by atoms with Crippen molar-refractivity contribution >= 4 is 17.7 Å². The molecule has 0 radical (unpaired) electrons. The molecule has 0 aromatic heterocycles. The Balaban J connectivity index is 1.53. The van der Waals surface area contributed by atoms with Crippen molar-refractivity contribution in [2.24, 2.45) is 5.73 Å². The minimum atomic E-state index is -1.04. The summed E-state index contributed by atoms with van der Waals surface area (Å²) in [7, 11) is 3.15. The minimum Gasteiger partial charge on any atom is -0.493 e. The van der Waals surface area contributed by atoms with Gasteiger partial charge in [0.25, 0.3) is 0 Å². The number of halogens is 2. The van der Waals surface area contributed by atoms with Gasteiger partial charge in [0.1, 0.15) is 0 Å². The molecule has 34 heavy (non-hydrogen) atoms. The predicted octanol–water partition coefficient (Wildman–Crippen LogP) is 3.75. The number of nitrogens with two attached hydrogens (primary N) is 1. The first-order chi connectivity index (χ1) is 16.3. The van der Waals surface area contributed by atoms with E-state index in [4.69, 9.17) is 15.2 Å². The Kier molecular flexibility index (Phi) is 6.49. The van der Waals surface area contributed by atoms with Crippen molar-refractivity contribution in [3.63, 3.8) is 0 Å². The normalized spacial score (nSPS) is 23.7. The number of ether oxygens (including phenoxy) is 2. The van der Waals surface area contributed by atoms with Crippen molar-refractivity contribution in [2.75, 3.05) is 26.1 Å². The molecule has 2 aromatic carbocycles. The molecule has 3 atom stereocenters. The third kappa shape index (κ3) is 4.32. The van der Waals surface area contributed by atoms with Gasteiger partial charge in [-0.3, -0.25) is 0 Å². The van der Waals surface area contributed by atoms with E-state index < -0.39 is 23.7 Å². The smallest absolute Gasteiger partial charge is 0.319 e. The van der Waals surface area contributed by atoms with Gasteiger partial charge in [-0.25, -0.2) is 18.4 Å². The minimum absolute atomic E-state index is 0.145. The van der Waals surface area contributed by atoms with Crippen molar-refractivity contribution in [1.82, 2.24) is 10.2 Å². The summed E-state index contributed by atoms with van der Waals surface area (Å²) >= 11 is 0. The second-order valence-corrected chi connectivity index (χ2v) is 8.72. The number of nitrogens with one attached hydrogen (secondary N) is 2. The molecule has 2 aliphatic rings. The summed E-state index contributed by atoms with van der Waals surface area (Å²) in [6.07, 6.45) is 2.63. The van der Waals surface area contributed by atoms with Gasteiger partial charge in [0, 0.05) is 35.8 Å². The molecule has 1 aliphatic carbocycles. The highest BCUT2D eigenvalue weighted by molar-refractivity contribution is 5.89. The first-order valence-electron chi connectivity index (χ1n) is 11.1. The summed E-state index contributed by atoms with van der Waals surface area (Å²) in [5, 5.41) is 5.42. The van der Waals surface area contributed by atoms with Crippen LogP contribution in [0.3, 0.4) is 0 Å². The molecule has 8 nitrogen and oxygen atoms in total. The molecule has 2 fully saturated rings. The zero-order valence-electron chi connectivity index (χ0n) is 19.1. The van der Waals surface area contributed by atoms with Crippen LogP contribution in [-0.4, -0.2) is 49.8 Å². The summed E-state index contributed by atoms with van der Waals surface area (Å²) in [6.45, 7) is 0.516. The molecule has 182 valence electrons. The van der Waals surface area contributed by atoms with Gasteiger partial charge in [0.2, 0.25) is 0 Å². The number of anilines is 1. The standard InChI is InChI=1S/C24H28F2N4O4/c1-33-19-6-3-14(11-20(19)34-2)24-8-7-16(13-21(24)30(10-9-24)22(27)31)29-23(32)28-15-4-5-17(25)18(26)12-15/h3-6,11-12,16,21H,7-10,13H2,1-2H3,(H2,27,31)(H2,28,29,32)/t16-,21+,24+/m1/s1. The fourth-order valence-electron chi connectivity index (χ4n) is 5.35. The molecular weight excluding hydrogens is 446 g/mol. The number of methoxy groups -OCH3 is 2. The van der Waals surface area contributed by atoms with Crippen LogP contribution in [0.4, 0.5) is 24.1 Å². The van der Waals surface area contributed by atoms with Gasteiger partial charge in [-0.15, -0.1) is 0 Å². The van der Waals surface area contributed by atoms with E-state index in [-0.39, 0.29) is 23.2 Å². The molecular formula is C24H28F2N4O4. The van der Waals surface area contributed by atoms with Gasteiger partial charge in [-0.2, -0.15) is 0 Å². The third-order valence-electron chi connectivity index (χ3n) is 7.01. The Morgan fingerprint density at radius 2 is 1.82 bits per heavy atom.